The molecule has 18 heavy (non-hydrogen) atoms. The summed E-state index contributed by atoms with van der Waals surface area (Å²) in [5.41, 5.74) is 7.09. The van der Waals surface area contributed by atoms with Gasteiger partial charge in [0.05, 0.1) is 0 Å². The van der Waals surface area contributed by atoms with E-state index < -0.39 is 5.91 Å². The number of carbonyl (C=O) groups is 1. The lowest BCUT2D eigenvalue weighted by atomic mass is 10.1. The Hall–Kier alpha value is -2.56. The van der Waals surface area contributed by atoms with E-state index in [1.165, 1.54) is 0 Å². The van der Waals surface area contributed by atoms with Crippen molar-refractivity contribution in [3.05, 3.63) is 59.9 Å². The SMILES string of the molecule is NC(=O)c1ccc(Cc2ccn3ccnc3c2)o1. The van der Waals surface area contributed by atoms with Crippen LogP contribution in [0.4, 0.5) is 0 Å². The quantitative estimate of drug-likeness (QED) is 0.757. The summed E-state index contributed by atoms with van der Waals surface area (Å²) in [5.74, 6) is 0.344. The number of nitrogens with zero attached hydrogens (tertiary/aromatic N) is 2. The van der Waals surface area contributed by atoms with E-state index in [2.05, 4.69) is 4.98 Å². The lowest BCUT2D eigenvalue weighted by Crippen LogP contribution is -2.09. The number of hydrogen-bond acceptors (Lipinski definition) is 3. The normalized spacial score (nSPS) is 10.9. The van der Waals surface area contributed by atoms with Crippen LogP contribution in [0.1, 0.15) is 21.9 Å². The molecule has 0 bridgehead atoms. The predicted octanol–water partition coefficient (Wildman–Crippen LogP) is 1.62. The number of pyridine rings is 1. The van der Waals surface area contributed by atoms with E-state index in [1.54, 1.807) is 18.3 Å². The number of carbonyl (C=O) groups excluding carboxylic acids is 1. The summed E-state index contributed by atoms with van der Waals surface area (Å²) in [7, 11) is 0. The number of amides is 1. The molecule has 0 aromatic carbocycles. The van der Waals surface area contributed by atoms with E-state index in [0.717, 1.165) is 11.2 Å². The highest BCUT2D eigenvalue weighted by molar-refractivity contribution is 5.89. The Labute approximate surface area is 103 Å². The van der Waals surface area contributed by atoms with Gasteiger partial charge in [0, 0.05) is 25.0 Å². The topological polar surface area (TPSA) is 73.5 Å². The first kappa shape index (κ1) is 10.6. The van der Waals surface area contributed by atoms with Gasteiger partial charge in [-0.2, -0.15) is 0 Å². The lowest BCUT2D eigenvalue weighted by molar-refractivity contribution is 0.0972. The average Bonchev–Trinajstić information content (AvgIpc) is 2.96. The van der Waals surface area contributed by atoms with Crippen LogP contribution in [0.15, 0.2) is 47.3 Å². The van der Waals surface area contributed by atoms with Crippen LogP contribution in [-0.2, 0) is 6.42 Å². The van der Waals surface area contributed by atoms with Crippen LogP contribution >= 0.6 is 0 Å². The zero-order valence-corrected chi connectivity index (χ0v) is 9.54. The second kappa shape index (κ2) is 4.03. The van der Waals surface area contributed by atoms with Crippen molar-refractivity contribution < 1.29 is 9.21 Å². The highest BCUT2D eigenvalue weighted by atomic mass is 16.3. The predicted molar refractivity (Wildman–Crippen MR) is 65.2 cm³/mol. The molecule has 90 valence electrons. The fraction of sp³-hybridized carbons (Fsp3) is 0.0769. The van der Waals surface area contributed by atoms with E-state index in [9.17, 15) is 4.79 Å². The molecule has 3 heterocycles. The highest BCUT2D eigenvalue weighted by Gasteiger charge is 2.08. The van der Waals surface area contributed by atoms with E-state index in [0.29, 0.717) is 12.2 Å². The van der Waals surface area contributed by atoms with Crippen molar-refractivity contribution in [3.8, 4) is 0 Å². The second-order valence-corrected chi connectivity index (χ2v) is 4.03. The van der Waals surface area contributed by atoms with Gasteiger partial charge in [0.1, 0.15) is 11.4 Å². The maximum Gasteiger partial charge on any atom is 0.284 e. The van der Waals surface area contributed by atoms with Gasteiger partial charge in [0.2, 0.25) is 0 Å². The minimum Gasteiger partial charge on any atom is -0.456 e. The fourth-order valence-electron chi connectivity index (χ4n) is 1.87. The molecule has 0 aliphatic heterocycles. The molecule has 3 aromatic heterocycles. The summed E-state index contributed by atoms with van der Waals surface area (Å²) < 4.78 is 7.27. The summed E-state index contributed by atoms with van der Waals surface area (Å²) in [6.45, 7) is 0. The fourth-order valence-corrected chi connectivity index (χ4v) is 1.87. The molecule has 0 saturated heterocycles. The van der Waals surface area contributed by atoms with E-state index >= 15 is 0 Å². The van der Waals surface area contributed by atoms with Crippen molar-refractivity contribution >= 4 is 11.6 Å². The van der Waals surface area contributed by atoms with E-state index in [4.69, 9.17) is 10.2 Å². The maximum atomic E-state index is 10.9. The molecule has 0 unspecified atom stereocenters. The van der Waals surface area contributed by atoms with Crippen LogP contribution in [0.2, 0.25) is 0 Å². The Balaban J connectivity index is 1.88. The van der Waals surface area contributed by atoms with Crippen molar-refractivity contribution in [2.24, 2.45) is 5.73 Å². The monoisotopic (exact) mass is 241 g/mol. The smallest absolute Gasteiger partial charge is 0.284 e. The number of fused-ring (bicyclic) bond motifs is 1. The molecule has 3 aromatic rings. The Morgan fingerprint density at radius 1 is 1.33 bits per heavy atom. The van der Waals surface area contributed by atoms with Crippen LogP contribution in [0, 0.1) is 0 Å². The summed E-state index contributed by atoms with van der Waals surface area (Å²) >= 11 is 0. The third kappa shape index (κ3) is 1.86. The van der Waals surface area contributed by atoms with Gasteiger partial charge in [-0.3, -0.25) is 4.79 Å². The molecule has 0 aliphatic carbocycles. The molecule has 0 atom stereocenters. The van der Waals surface area contributed by atoms with E-state index in [-0.39, 0.29) is 5.76 Å². The van der Waals surface area contributed by atoms with Crippen molar-refractivity contribution in [1.82, 2.24) is 9.38 Å². The summed E-state index contributed by atoms with van der Waals surface area (Å²) in [5, 5.41) is 0. The van der Waals surface area contributed by atoms with Gasteiger partial charge in [0.15, 0.2) is 5.76 Å². The third-order valence-electron chi connectivity index (χ3n) is 2.75. The molecule has 3 rings (SSSR count). The number of furan rings is 1. The number of primary amides is 1. The minimum absolute atomic E-state index is 0.187. The van der Waals surface area contributed by atoms with E-state index in [1.807, 2.05) is 28.9 Å². The molecule has 0 saturated carbocycles. The number of nitrogens with two attached hydrogens (primary N) is 1. The van der Waals surface area contributed by atoms with Gasteiger partial charge in [-0.1, -0.05) is 0 Å². The molecule has 0 radical (unpaired) electrons. The lowest BCUT2D eigenvalue weighted by Gasteiger charge is -1.99. The summed E-state index contributed by atoms with van der Waals surface area (Å²) in [4.78, 5) is 15.1. The largest absolute Gasteiger partial charge is 0.456 e. The number of imidazole rings is 1. The van der Waals surface area contributed by atoms with Crippen molar-refractivity contribution in [2.45, 2.75) is 6.42 Å². The van der Waals surface area contributed by atoms with Gasteiger partial charge in [-0.15, -0.1) is 0 Å². The van der Waals surface area contributed by atoms with Gasteiger partial charge in [-0.05, 0) is 29.8 Å². The molecular formula is C13H11N3O2. The van der Waals surface area contributed by atoms with Crippen molar-refractivity contribution in [1.29, 1.82) is 0 Å². The average molecular weight is 241 g/mol. The first-order valence-corrected chi connectivity index (χ1v) is 5.52. The number of rotatable bonds is 3. The second-order valence-electron chi connectivity index (χ2n) is 4.03. The molecule has 0 spiro atoms. The molecule has 1 amide bonds. The Morgan fingerprint density at radius 3 is 3.00 bits per heavy atom. The van der Waals surface area contributed by atoms with Crippen LogP contribution in [0.5, 0.6) is 0 Å². The molecule has 5 heteroatoms. The first-order chi connectivity index (χ1) is 8.72. The van der Waals surface area contributed by atoms with Crippen LogP contribution < -0.4 is 5.73 Å². The molecular weight excluding hydrogens is 230 g/mol. The highest BCUT2D eigenvalue weighted by Crippen LogP contribution is 2.14. The molecule has 0 aliphatic rings. The van der Waals surface area contributed by atoms with Crippen LogP contribution in [0.25, 0.3) is 5.65 Å². The first-order valence-electron chi connectivity index (χ1n) is 5.52. The molecule has 5 nitrogen and oxygen atoms in total. The Kier molecular flexibility index (Phi) is 2.37. The standard InChI is InChI=1S/C13H11N3O2/c14-13(17)11-2-1-10(18-11)7-9-3-5-16-6-4-15-12(16)8-9/h1-6,8H,7H2,(H2,14,17). The third-order valence-corrected chi connectivity index (χ3v) is 2.75. The zero-order chi connectivity index (χ0) is 12.5. The molecule has 0 fully saturated rings. The summed E-state index contributed by atoms with van der Waals surface area (Å²) in [6.07, 6.45) is 6.18. The summed E-state index contributed by atoms with van der Waals surface area (Å²) in [6, 6.07) is 7.31. The minimum atomic E-state index is -0.551. The Bertz CT molecular complexity index is 712. The van der Waals surface area contributed by atoms with Crippen molar-refractivity contribution in [3.63, 3.8) is 0 Å². The zero-order valence-electron chi connectivity index (χ0n) is 9.54. The maximum absolute atomic E-state index is 10.9. The van der Waals surface area contributed by atoms with Gasteiger partial charge in [0.25, 0.3) is 5.91 Å². The van der Waals surface area contributed by atoms with Gasteiger partial charge in [-0.25, -0.2) is 4.98 Å². The number of aromatic nitrogens is 2. The van der Waals surface area contributed by atoms with Gasteiger partial charge < -0.3 is 14.6 Å². The van der Waals surface area contributed by atoms with Crippen LogP contribution in [0.3, 0.4) is 0 Å². The van der Waals surface area contributed by atoms with Crippen molar-refractivity contribution in [2.75, 3.05) is 0 Å². The molecule has 2 N–H and O–H groups in total. The number of hydrogen-bond donors (Lipinski definition) is 1. The Morgan fingerprint density at radius 2 is 2.22 bits per heavy atom. The van der Waals surface area contributed by atoms with Crippen LogP contribution in [-0.4, -0.2) is 15.3 Å². The van der Waals surface area contributed by atoms with Gasteiger partial charge >= 0.3 is 0 Å².